The van der Waals surface area contributed by atoms with E-state index in [9.17, 15) is 0 Å². The molecule has 0 aliphatic carbocycles. The number of aryl methyl sites for hydroxylation is 1. The van der Waals surface area contributed by atoms with Crippen molar-refractivity contribution in [2.24, 2.45) is 0 Å². The van der Waals surface area contributed by atoms with Gasteiger partial charge in [0.15, 0.2) is 23.3 Å². The first-order chi connectivity index (χ1) is 25.2. The highest BCUT2D eigenvalue weighted by atomic mass is 32.1. The Hall–Kier alpha value is -6.15. The predicted molar refractivity (Wildman–Crippen MR) is 213 cm³/mol. The first-order valence-corrected chi connectivity index (χ1v) is 18.4. The molecule has 10 aromatic rings. The van der Waals surface area contributed by atoms with E-state index < -0.39 is 0 Å². The highest BCUT2D eigenvalue weighted by Gasteiger charge is 2.20. The molecule has 0 N–H and O–H groups in total. The van der Waals surface area contributed by atoms with Gasteiger partial charge in [0.25, 0.3) is 0 Å². The van der Waals surface area contributed by atoms with Crippen LogP contribution < -0.4 is 0 Å². The zero-order valence-corrected chi connectivity index (χ0v) is 29.0. The zero-order valence-electron chi connectivity index (χ0n) is 27.4. The van der Waals surface area contributed by atoms with Gasteiger partial charge >= 0.3 is 0 Å². The minimum absolute atomic E-state index is 0.640. The van der Waals surface area contributed by atoms with Crippen molar-refractivity contribution in [2.75, 3.05) is 0 Å². The second kappa shape index (κ2) is 12.0. The molecule has 4 aromatic heterocycles. The monoisotopic (exact) mass is 689 g/mol. The molecular formula is C44H27N5S2. The van der Waals surface area contributed by atoms with Gasteiger partial charge in [-0.1, -0.05) is 121 Å². The van der Waals surface area contributed by atoms with Crippen molar-refractivity contribution >= 4 is 63.1 Å². The number of fused-ring (bicyclic) bond motifs is 6. The molecule has 0 saturated heterocycles. The maximum Gasteiger partial charge on any atom is 0.164 e. The summed E-state index contributed by atoms with van der Waals surface area (Å²) in [6, 6.07) is 50.3. The van der Waals surface area contributed by atoms with Crippen LogP contribution in [0.5, 0.6) is 0 Å². The minimum Gasteiger partial charge on any atom is -0.226 e. The van der Waals surface area contributed by atoms with Gasteiger partial charge < -0.3 is 0 Å². The fourth-order valence-electron chi connectivity index (χ4n) is 6.67. The molecule has 5 nitrogen and oxygen atoms in total. The van der Waals surface area contributed by atoms with Crippen LogP contribution in [0.3, 0.4) is 0 Å². The van der Waals surface area contributed by atoms with Crippen LogP contribution in [-0.2, 0) is 0 Å². The fourth-order valence-corrected chi connectivity index (χ4v) is 9.02. The lowest BCUT2D eigenvalue weighted by molar-refractivity contribution is 1.07. The fraction of sp³-hybridized carbons (Fsp3) is 0.0227. The maximum absolute atomic E-state index is 5.31. The van der Waals surface area contributed by atoms with E-state index in [0.717, 1.165) is 70.4 Å². The lowest BCUT2D eigenvalue weighted by Gasteiger charge is -2.09. The standard InChI is InChI=1S/C44H27N5S2/c1-26-19-21-27(22-20-26)37-40-38(32-15-8-9-18-35(32)51-40)46-44(45-37)33-17-10-16-31-34-25-30(23-24-36(34)50-39(31)33)43-48-41(28-11-4-2-5-12-28)47-42(49-43)29-13-6-3-7-14-29/h2-25H,1H3. The van der Waals surface area contributed by atoms with E-state index >= 15 is 0 Å². The summed E-state index contributed by atoms with van der Waals surface area (Å²) in [5.74, 6) is 2.67. The van der Waals surface area contributed by atoms with Crippen molar-refractivity contribution < 1.29 is 0 Å². The molecule has 0 aliphatic rings. The Balaban J connectivity index is 1.16. The Morgan fingerprint density at radius 1 is 0.392 bits per heavy atom. The van der Waals surface area contributed by atoms with Crippen LogP contribution in [0.4, 0.5) is 0 Å². The normalized spacial score (nSPS) is 11.6. The molecule has 0 bridgehead atoms. The third kappa shape index (κ3) is 5.17. The third-order valence-electron chi connectivity index (χ3n) is 9.24. The molecule has 0 radical (unpaired) electrons. The van der Waals surface area contributed by atoms with Crippen LogP contribution in [-0.4, -0.2) is 24.9 Å². The SMILES string of the molecule is Cc1ccc(-c2nc(-c3cccc4c3sc3ccc(-c5nc(-c6ccccc6)nc(-c6ccccc6)n5)cc34)nc3c2sc2ccccc23)cc1. The minimum atomic E-state index is 0.640. The van der Waals surface area contributed by atoms with Gasteiger partial charge in [0.1, 0.15) is 0 Å². The van der Waals surface area contributed by atoms with Crippen molar-refractivity contribution in [3.8, 4) is 56.8 Å². The van der Waals surface area contributed by atoms with E-state index in [4.69, 9.17) is 24.9 Å². The average molecular weight is 690 g/mol. The maximum atomic E-state index is 5.31. The van der Waals surface area contributed by atoms with Crippen molar-refractivity contribution in [3.63, 3.8) is 0 Å². The molecule has 6 aromatic carbocycles. The number of hydrogen-bond donors (Lipinski definition) is 0. The summed E-state index contributed by atoms with van der Waals surface area (Å²) >= 11 is 3.53. The van der Waals surface area contributed by atoms with Crippen LogP contribution in [0, 0.1) is 6.92 Å². The van der Waals surface area contributed by atoms with Crippen LogP contribution in [0.1, 0.15) is 5.56 Å². The van der Waals surface area contributed by atoms with Crippen molar-refractivity contribution in [2.45, 2.75) is 6.92 Å². The first kappa shape index (κ1) is 29.7. The number of hydrogen-bond acceptors (Lipinski definition) is 7. The lowest BCUT2D eigenvalue weighted by Crippen LogP contribution is -2.00. The second-order valence-electron chi connectivity index (χ2n) is 12.6. The van der Waals surface area contributed by atoms with Crippen molar-refractivity contribution in [1.82, 2.24) is 24.9 Å². The molecule has 0 saturated carbocycles. The lowest BCUT2D eigenvalue weighted by atomic mass is 10.1. The van der Waals surface area contributed by atoms with E-state index in [1.165, 1.54) is 15.0 Å². The van der Waals surface area contributed by atoms with Crippen molar-refractivity contribution in [3.05, 3.63) is 151 Å². The molecule has 0 fully saturated rings. The third-order valence-corrected chi connectivity index (χ3v) is 11.6. The Labute approximate surface area is 301 Å². The summed E-state index contributed by atoms with van der Waals surface area (Å²) in [6.07, 6.45) is 0. The molecule has 4 heterocycles. The molecule has 0 aliphatic heterocycles. The van der Waals surface area contributed by atoms with E-state index in [0.29, 0.717) is 17.5 Å². The largest absolute Gasteiger partial charge is 0.226 e. The van der Waals surface area contributed by atoms with E-state index in [1.807, 2.05) is 60.7 Å². The molecule has 0 spiro atoms. The van der Waals surface area contributed by atoms with Crippen LogP contribution in [0.25, 0.3) is 97.3 Å². The summed E-state index contributed by atoms with van der Waals surface area (Å²) in [5.41, 5.74) is 8.14. The van der Waals surface area contributed by atoms with E-state index in [-0.39, 0.29) is 0 Å². The number of rotatable bonds is 5. The Kier molecular flexibility index (Phi) is 7.01. The molecule has 10 rings (SSSR count). The number of thiophene rings is 2. The highest BCUT2D eigenvalue weighted by Crippen LogP contribution is 2.43. The van der Waals surface area contributed by atoms with E-state index in [1.54, 1.807) is 22.7 Å². The topological polar surface area (TPSA) is 64.5 Å². The molecule has 51 heavy (non-hydrogen) atoms. The zero-order chi connectivity index (χ0) is 33.9. The van der Waals surface area contributed by atoms with Crippen molar-refractivity contribution in [1.29, 1.82) is 0 Å². The summed E-state index contributed by atoms with van der Waals surface area (Å²) in [5, 5.41) is 3.47. The molecule has 0 unspecified atom stereocenters. The summed E-state index contributed by atoms with van der Waals surface area (Å²) in [4.78, 5) is 25.5. The molecule has 0 atom stereocenters. The van der Waals surface area contributed by atoms with Gasteiger partial charge in [-0.25, -0.2) is 24.9 Å². The van der Waals surface area contributed by atoms with Gasteiger partial charge in [0.2, 0.25) is 0 Å². The summed E-state index contributed by atoms with van der Waals surface area (Å²) in [6.45, 7) is 2.11. The Morgan fingerprint density at radius 3 is 1.71 bits per heavy atom. The van der Waals surface area contributed by atoms with Gasteiger partial charge in [-0.05, 0) is 37.3 Å². The Morgan fingerprint density at radius 2 is 0.980 bits per heavy atom. The van der Waals surface area contributed by atoms with Gasteiger partial charge in [0, 0.05) is 58.1 Å². The molecule has 7 heteroatoms. The molecular weight excluding hydrogens is 663 g/mol. The number of nitrogens with zero attached hydrogens (tertiary/aromatic N) is 5. The van der Waals surface area contributed by atoms with Crippen LogP contribution in [0.15, 0.2) is 146 Å². The van der Waals surface area contributed by atoms with E-state index in [2.05, 4.69) is 91.9 Å². The highest BCUT2D eigenvalue weighted by molar-refractivity contribution is 7.26. The van der Waals surface area contributed by atoms with Crippen LogP contribution in [0.2, 0.25) is 0 Å². The van der Waals surface area contributed by atoms with Crippen LogP contribution >= 0.6 is 22.7 Å². The smallest absolute Gasteiger partial charge is 0.164 e. The first-order valence-electron chi connectivity index (χ1n) is 16.8. The summed E-state index contributed by atoms with van der Waals surface area (Å²) in [7, 11) is 0. The van der Waals surface area contributed by atoms with Gasteiger partial charge in [-0.3, -0.25) is 0 Å². The second-order valence-corrected chi connectivity index (χ2v) is 14.7. The predicted octanol–water partition coefficient (Wildman–Crippen LogP) is 12.0. The molecule has 0 amide bonds. The Bertz CT molecular complexity index is 2860. The van der Waals surface area contributed by atoms with Gasteiger partial charge in [0.05, 0.1) is 15.9 Å². The molecule has 240 valence electrons. The van der Waals surface area contributed by atoms with Gasteiger partial charge in [-0.15, -0.1) is 22.7 Å². The summed E-state index contributed by atoms with van der Waals surface area (Å²) < 4.78 is 4.66. The number of benzene rings is 6. The van der Waals surface area contributed by atoms with Gasteiger partial charge in [-0.2, -0.15) is 0 Å². The quantitative estimate of drug-likeness (QED) is 0.180. The number of aromatic nitrogens is 5. The average Bonchev–Trinajstić information content (AvgIpc) is 3.77.